The lowest BCUT2D eigenvalue weighted by Crippen LogP contribution is -2.46. The molecular formula is C32H37N7O4. The van der Waals surface area contributed by atoms with Gasteiger partial charge in [-0.1, -0.05) is 23.4 Å². The van der Waals surface area contributed by atoms with E-state index in [0.29, 0.717) is 37.4 Å². The first kappa shape index (κ1) is 28.3. The van der Waals surface area contributed by atoms with Crippen LogP contribution in [0.15, 0.2) is 65.4 Å². The van der Waals surface area contributed by atoms with Crippen molar-refractivity contribution in [1.82, 2.24) is 24.8 Å². The van der Waals surface area contributed by atoms with Crippen molar-refractivity contribution in [2.24, 2.45) is 0 Å². The first-order valence-corrected chi connectivity index (χ1v) is 14.6. The number of amides is 2. The molecule has 0 N–H and O–H groups in total. The number of piperazine rings is 1. The number of benzene rings is 2. The number of fused-ring (bicyclic) bond motifs is 1. The van der Waals surface area contributed by atoms with Gasteiger partial charge >= 0.3 is 0 Å². The zero-order valence-electron chi connectivity index (χ0n) is 24.9. The summed E-state index contributed by atoms with van der Waals surface area (Å²) in [5, 5.41) is 8.67. The van der Waals surface area contributed by atoms with E-state index in [9.17, 15) is 9.59 Å². The molecule has 2 aromatic carbocycles. The Kier molecular flexibility index (Phi) is 8.04. The molecule has 0 bridgehead atoms. The average Bonchev–Trinajstić information content (AvgIpc) is 3.73. The van der Waals surface area contributed by atoms with E-state index in [1.807, 2.05) is 29.2 Å². The monoisotopic (exact) mass is 583 g/mol. The molecule has 0 aliphatic carbocycles. The van der Waals surface area contributed by atoms with Gasteiger partial charge in [0.2, 0.25) is 5.91 Å². The number of rotatable bonds is 8. The van der Waals surface area contributed by atoms with Gasteiger partial charge in [0, 0.05) is 71.4 Å². The molecule has 224 valence electrons. The number of carbonyl (C=O) groups is 2. The molecule has 11 nitrogen and oxygen atoms in total. The Morgan fingerprint density at radius 1 is 1.00 bits per heavy atom. The molecule has 1 fully saturated rings. The number of nitrogens with zero attached hydrogens (tertiary/aromatic N) is 7. The third-order valence-corrected chi connectivity index (χ3v) is 8.16. The zero-order valence-corrected chi connectivity index (χ0v) is 24.9. The maximum atomic E-state index is 13.1. The predicted molar refractivity (Wildman–Crippen MR) is 165 cm³/mol. The van der Waals surface area contributed by atoms with Crippen LogP contribution in [0.2, 0.25) is 0 Å². The van der Waals surface area contributed by atoms with E-state index in [0.717, 1.165) is 66.2 Å². The molecule has 0 spiro atoms. The minimum Gasteiger partial charge on any atom is -0.495 e. The van der Waals surface area contributed by atoms with Crippen LogP contribution in [0.3, 0.4) is 0 Å². The summed E-state index contributed by atoms with van der Waals surface area (Å²) in [5.41, 5.74) is 4.88. The fraction of sp³-hybridized carbons (Fsp3) is 0.375. The minimum atomic E-state index is -0.175. The van der Waals surface area contributed by atoms with Crippen molar-refractivity contribution in [3.05, 3.63) is 72.3 Å². The van der Waals surface area contributed by atoms with E-state index in [1.54, 1.807) is 38.3 Å². The summed E-state index contributed by atoms with van der Waals surface area (Å²) < 4.78 is 13.5. The number of methoxy groups -OCH3 is 1. The highest BCUT2D eigenvalue weighted by atomic mass is 16.5. The van der Waals surface area contributed by atoms with Gasteiger partial charge in [-0.05, 0) is 47.9 Å². The van der Waals surface area contributed by atoms with E-state index in [1.165, 1.54) is 4.90 Å². The molecule has 2 aromatic heterocycles. The number of aryl methyl sites for hydroxylation is 1. The average molecular weight is 584 g/mol. The lowest BCUT2D eigenvalue weighted by atomic mass is 9.98. The highest BCUT2D eigenvalue weighted by molar-refractivity contribution is 6.00. The molecule has 6 rings (SSSR count). The van der Waals surface area contributed by atoms with Gasteiger partial charge in [-0.25, -0.2) is 0 Å². The summed E-state index contributed by atoms with van der Waals surface area (Å²) in [4.78, 5) is 34.0. The molecule has 0 radical (unpaired) electrons. The van der Waals surface area contributed by atoms with Crippen molar-refractivity contribution in [3.63, 3.8) is 0 Å². The fourth-order valence-electron chi connectivity index (χ4n) is 5.85. The SMILES string of the molecule is COc1ccccc1N1CCN(c2cc(C3=CCCN(C(=O)CCn4ccnn4)C3)cc3cc(C(=O)N(C)C)oc23)CC1. The van der Waals surface area contributed by atoms with Gasteiger partial charge in [-0.2, -0.15) is 0 Å². The Labute approximate surface area is 250 Å². The van der Waals surface area contributed by atoms with Gasteiger partial charge in [0.1, 0.15) is 5.75 Å². The zero-order chi connectivity index (χ0) is 29.9. The van der Waals surface area contributed by atoms with Gasteiger partial charge in [0.15, 0.2) is 11.3 Å². The number of ether oxygens (including phenoxy) is 1. The van der Waals surface area contributed by atoms with E-state index in [4.69, 9.17) is 9.15 Å². The van der Waals surface area contributed by atoms with E-state index in [-0.39, 0.29) is 11.8 Å². The summed E-state index contributed by atoms with van der Waals surface area (Å²) in [7, 11) is 5.15. The van der Waals surface area contributed by atoms with Gasteiger partial charge in [-0.3, -0.25) is 14.3 Å². The Balaban J connectivity index is 1.27. The van der Waals surface area contributed by atoms with Gasteiger partial charge in [0.05, 0.1) is 31.2 Å². The second-order valence-corrected chi connectivity index (χ2v) is 11.1. The summed E-state index contributed by atoms with van der Waals surface area (Å²) in [6.07, 6.45) is 6.76. The molecule has 1 saturated heterocycles. The van der Waals surface area contributed by atoms with Crippen molar-refractivity contribution in [2.75, 3.05) is 70.3 Å². The van der Waals surface area contributed by atoms with Crippen molar-refractivity contribution in [3.8, 4) is 5.75 Å². The molecule has 0 unspecified atom stereocenters. The first-order valence-electron chi connectivity index (χ1n) is 14.6. The molecule has 2 amide bonds. The number of hydrogen-bond donors (Lipinski definition) is 0. The van der Waals surface area contributed by atoms with Crippen LogP contribution in [0.25, 0.3) is 16.5 Å². The molecule has 0 atom stereocenters. The lowest BCUT2D eigenvalue weighted by Gasteiger charge is -2.38. The van der Waals surface area contributed by atoms with Crippen LogP contribution in [0, 0.1) is 0 Å². The topological polar surface area (TPSA) is 100 Å². The van der Waals surface area contributed by atoms with Gasteiger partial charge in [0.25, 0.3) is 5.91 Å². The number of para-hydroxylation sites is 2. The highest BCUT2D eigenvalue weighted by Gasteiger charge is 2.26. The van der Waals surface area contributed by atoms with Crippen molar-refractivity contribution in [2.45, 2.75) is 19.4 Å². The molecule has 43 heavy (non-hydrogen) atoms. The number of anilines is 2. The molecule has 0 saturated carbocycles. The van der Waals surface area contributed by atoms with E-state index < -0.39 is 0 Å². The van der Waals surface area contributed by atoms with Crippen LogP contribution >= 0.6 is 0 Å². The van der Waals surface area contributed by atoms with Crippen molar-refractivity contribution >= 4 is 39.7 Å². The molecular weight excluding hydrogens is 546 g/mol. The molecule has 4 heterocycles. The van der Waals surface area contributed by atoms with Gasteiger partial charge < -0.3 is 28.8 Å². The van der Waals surface area contributed by atoms with E-state index in [2.05, 4.69) is 44.4 Å². The van der Waals surface area contributed by atoms with Crippen LogP contribution in [0.4, 0.5) is 11.4 Å². The second kappa shape index (κ2) is 12.2. The predicted octanol–water partition coefficient (Wildman–Crippen LogP) is 3.77. The van der Waals surface area contributed by atoms with Crippen LogP contribution in [0.5, 0.6) is 5.75 Å². The Morgan fingerprint density at radius 2 is 1.77 bits per heavy atom. The number of aromatic nitrogens is 3. The Morgan fingerprint density at radius 3 is 2.49 bits per heavy atom. The van der Waals surface area contributed by atoms with Crippen LogP contribution < -0.4 is 14.5 Å². The summed E-state index contributed by atoms with van der Waals surface area (Å²) >= 11 is 0. The first-order chi connectivity index (χ1) is 20.9. The quantitative estimate of drug-likeness (QED) is 0.309. The number of furan rings is 1. The number of carbonyl (C=O) groups excluding carboxylic acids is 2. The maximum Gasteiger partial charge on any atom is 0.289 e. The van der Waals surface area contributed by atoms with Crippen molar-refractivity contribution < 1.29 is 18.7 Å². The largest absolute Gasteiger partial charge is 0.495 e. The standard InChI is InChI=1S/C32H37N7O4/c1-35(2)32(41)29-21-25-19-24(23-7-6-12-38(22-23)30(40)10-13-39-14-11-33-34-39)20-27(31(25)43-29)37-17-15-36(16-18-37)26-8-4-5-9-28(26)42-3/h4-5,7-9,11,14,19-21H,6,10,12-13,15-18,22H2,1-3H3. The van der Waals surface area contributed by atoms with Crippen molar-refractivity contribution in [1.29, 1.82) is 0 Å². The molecule has 2 aliphatic rings. The Hall–Kier alpha value is -4.80. The highest BCUT2D eigenvalue weighted by Crippen LogP contribution is 2.37. The lowest BCUT2D eigenvalue weighted by molar-refractivity contribution is -0.131. The van der Waals surface area contributed by atoms with Gasteiger partial charge in [-0.15, -0.1) is 5.10 Å². The van der Waals surface area contributed by atoms with Crippen LogP contribution in [-0.2, 0) is 11.3 Å². The molecule has 4 aromatic rings. The van der Waals surface area contributed by atoms with E-state index >= 15 is 0 Å². The maximum absolute atomic E-state index is 13.1. The normalized spacial score (nSPS) is 15.5. The van der Waals surface area contributed by atoms with Crippen LogP contribution in [-0.4, -0.2) is 97.1 Å². The number of hydrogen-bond acceptors (Lipinski definition) is 8. The fourth-order valence-corrected chi connectivity index (χ4v) is 5.85. The summed E-state index contributed by atoms with van der Waals surface area (Å²) in [6, 6.07) is 14.2. The molecule has 11 heteroatoms. The minimum absolute atomic E-state index is 0.0945. The molecule has 2 aliphatic heterocycles. The second-order valence-electron chi connectivity index (χ2n) is 11.1. The van der Waals surface area contributed by atoms with Crippen LogP contribution in [0.1, 0.15) is 29.0 Å². The third-order valence-electron chi connectivity index (χ3n) is 8.16. The third kappa shape index (κ3) is 5.93. The Bertz CT molecular complexity index is 1630. The smallest absolute Gasteiger partial charge is 0.289 e. The summed E-state index contributed by atoms with van der Waals surface area (Å²) in [6.45, 7) is 4.90. The summed E-state index contributed by atoms with van der Waals surface area (Å²) in [5.74, 6) is 1.10.